The van der Waals surface area contributed by atoms with Gasteiger partial charge >= 0.3 is 6.09 Å². The van der Waals surface area contributed by atoms with E-state index in [1.54, 1.807) is 23.1 Å². The zero-order valence-corrected chi connectivity index (χ0v) is 14.0. The van der Waals surface area contributed by atoms with Gasteiger partial charge in [0, 0.05) is 38.3 Å². The van der Waals surface area contributed by atoms with Crippen LogP contribution in [-0.2, 0) is 4.74 Å². The Morgan fingerprint density at radius 3 is 2.43 bits per heavy atom. The second-order valence-electron chi connectivity index (χ2n) is 6.81. The van der Waals surface area contributed by atoms with E-state index in [1.807, 2.05) is 25.7 Å². The maximum absolute atomic E-state index is 13.7. The molecule has 1 unspecified atom stereocenters. The number of amides is 1. The van der Waals surface area contributed by atoms with Crippen molar-refractivity contribution in [3.8, 4) is 0 Å². The molecule has 1 aromatic rings. The number of carbonyl (C=O) groups excluding carboxylic acids is 1. The van der Waals surface area contributed by atoms with Crippen LogP contribution in [0.5, 0.6) is 0 Å². The lowest BCUT2D eigenvalue weighted by atomic mass is 10.1. The molecule has 0 saturated carbocycles. The largest absolute Gasteiger partial charge is 0.444 e. The van der Waals surface area contributed by atoms with Crippen molar-refractivity contribution in [2.24, 2.45) is 0 Å². The fourth-order valence-electron chi connectivity index (χ4n) is 2.53. The molecular formula is C17H25FN2O3. The monoisotopic (exact) mass is 324 g/mol. The zero-order chi connectivity index (χ0) is 17.0. The first-order chi connectivity index (χ1) is 10.8. The molecule has 0 radical (unpaired) electrons. The summed E-state index contributed by atoms with van der Waals surface area (Å²) in [5.41, 5.74) is -0.197. The Kier molecular flexibility index (Phi) is 5.59. The van der Waals surface area contributed by atoms with E-state index < -0.39 is 17.5 Å². The topological polar surface area (TPSA) is 53.0 Å². The van der Waals surface area contributed by atoms with Gasteiger partial charge in [0.25, 0.3) is 0 Å². The standard InChI is InChI=1S/C17H25FN2O3/c1-17(2,3)23-16(22)20-10-8-19(9-11-20)12-15(21)13-6-4-5-7-14(13)18/h4-7,15,21H,8-12H2,1-3H3. The van der Waals surface area contributed by atoms with Gasteiger partial charge in [0.05, 0.1) is 6.10 Å². The zero-order valence-electron chi connectivity index (χ0n) is 14.0. The van der Waals surface area contributed by atoms with Gasteiger partial charge in [0.1, 0.15) is 11.4 Å². The van der Waals surface area contributed by atoms with Crippen molar-refractivity contribution in [1.82, 2.24) is 9.80 Å². The number of β-amino-alcohol motifs (C(OH)–C–C–N with tert-alkyl or cyclic N) is 1. The average molecular weight is 324 g/mol. The van der Waals surface area contributed by atoms with Gasteiger partial charge in [-0.15, -0.1) is 0 Å². The molecule has 6 heteroatoms. The first kappa shape index (κ1) is 17.7. The van der Waals surface area contributed by atoms with Crippen LogP contribution in [0.15, 0.2) is 24.3 Å². The summed E-state index contributed by atoms with van der Waals surface area (Å²) in [5, 5.41) is 10.2. The van der Waals surface area contributed by atoms with Gasteiger partial charge < -0.3 is 14.7 Å². The molecule has 5 nitrogen and oxygen atoms in total. The van der Waals surface area contributed by atoms with Crippen molar-refractivity contribution in [3.05, 3.63) is 35.6 Å². The molecule has 1 amide bonds. The van der Waals surface area contributed by atoms with Crippen LogP contribution < -0.4 is 0 Å². The molecule has 1 atom stereocenters. The molecule has 23 heavy (non-hydrogen) atoms. The Hall–Kier alpha value is -1.66. The Morgan fingerprint density at radius 2 is 1.87 bits per heavy atom. The Morgan fingerprint density at radius 1 is 1.26 bits per heavy atom. The van der Waals surface area contributed by atoms with E-state index in [9.17, 15) is 14.3 Å². The highest BCUT2D eigenvalue weighted by molar-refractivity contribution is 5.68. The van der Waals surface area contributed by atoms with Gasteiger partial charge in [-0.05, 0) is 26.8 Å². The summed E-state index contributed by atoms with van der Waals surface area (Å²) in [6.07, 6.45) is -1.18. The minimum atomic E-state index is -0.871. The molecule has 1 fully saturated rings. The SMILES string of the molecule is CC(C)(C)OC(=O)N1CCN(CC(O)c2ccccc2F)CC1. The van der Waals surface area contributed by atoms with Crippen molar-refractivity contribution < 1.29 is 19.0 Å². The van der Waals surface area contributed by atoms with Crippen LogP contribution in [0, 0.1) is 5.82 Å². The normalized spacial score (nSPS) is 17.9. The highest BCUT2D eigenvalue weighted by Gasteiger charge is 2.27. The number of piperazine rings is 1. The fraction of sp³-hybridized carbons (Fsp3) is 0.588. The predicted octanol–water partition coefficient (Wildman–Crippen LogP) is 2.41. The Balaban J connectivity index is 1.83. The summed E-state index contributed by atoms with van der Waals surface area (Å²) in [5.74, 6) is -0.396. The van der Waals surface area contributed by atoms with Crippen LogP contribution >= 0.6 is 0 Å². The first-order valence-corrected chi connectivity index (χ1v) is 7.89. The number of hydrogen-bond donors (Lipinski definition) is 1. The summed E-state index contributed by atoms with van der Waals surface area (Å²) < 4.78 is 19.0. The second-order valence-corrected chi connectivity index (χ2v) is 6.81. The molecule has 1 heterocycles. The number of aliphatic hydroxyl groups is 1. The van der Waals surface area contributed by atoms with Gasteiger partial charge in [-0.1, -0.05) is 18.2 Å². The number of hydrogen-bond acceptors (Lipinski definition) is 4. The maximum atomic E-state index is 13.7. The second kappa shape index (κ2) is 7.27. The third kappa shape index (κ3) is 5.18. The van der Waals surface area contributed by atoms with Crippen LogP contribution in [0.2, 0.25) is 0 Å². The summed E-state index contributed by atoms with van der Waals surface area (Å²) >= 11 is 0. The molecule has 2 rings (SSSR count). The van der Waals surface area contributed by atoms with Crippen LogP contribution in [0.3, 0.4) is 0 Å². The molecule has 1 aromatic carbocycles. The summed E-state index contributed by atoms with van der Waals surface area (Å²) in [4.78, 5) is 15.7. The molecule has 1 aliphatic heterocycles. The first-order valence-electron chi connectivity index (χ1n) is 7.89. The average Bonchev–Trinajstić information content (AvgIpc) is 2.46. The van der Waals surface area contributed by atoms with E-state index in [4.69, 9.17) is 4.74 Å². The van der Waals surface area contributed by atoms with E-state index in [1.165, 1.54) is 6.07 Å². The molecule has 1 saturated heterocycles. The third-order valence-corrected chi connectivity index (χ3v) is 3.72. The number of nitrogens with zero attached hydrogens (tertiary/aromatic N) is 2. The van der Waals surface area contributed by atoms with E-state index in [0.717, 1.165) is 0 Å². The number of rotatable bonds is 3. The highest BCUT2D eigenvalue weighted by Crippen LogP contribution is 2.19. The van der Waals surface area contributed by atoms with Crippen molar-refractivity contribution in [2.75, 3.05) is 32.7 Å². The quantitative estimate of drug-likeness (QED) is 0.928. The Labute approximate surface area is 136 Å². The van der Waals surface area contributed by atoms with Crippen molar-refractivity contribution in [2.45, 2.75) is 32.5 Å². The summed E-state index contributed by atoms with van der Waals surface area (Å²) in [6, 6.07) is 6.25. The summed E-state index contributed by atoms with van der Waals surface area (Å²) in [7, 11) is 0. The molecule has 128 valence electrons. The van der Waals surface area contributed by atoms with Crippen molar-refractivity contribution >= 4 is 6.09 Å². The number of ether oxygens (including phenoxy) is 1. The van der Waals surface area contributed by atoms with Crippen LogP contribution in [0.4, 0.5) is 9.18 Å². The number of halogens is 1. The highest BCUT2D eigenvalue weighted by atomic mass is 19.1. The van der Waals surface area contributed by atoms with Crippen molar-refractivity contribution in [3.63, 3.8) is 0 Å². The Bertz CT molecular complexity index is 537. The van der Waals surface area contributed by atoms with Crippen LogP contribution in [0.25, 0.3) is 0 Å². The number of benzene rings is 1. The van der Waals surface area contributed by atoms with Gasteiger partial charge in [-0.3, -0.25) is 4.90 Å². The molecule has 0 aromatic heterocycles. The van der Waals surface area contributed by atoms with Gasteiger partial charge in [0.15, 0.2) is 0 Å². The van der Waals surface area contributed by atoms with Crippen LogP contribution in [0.1, 0.15) is 32.4 Å². The summed E-state index contributed by atoms with van der Waals surface area (Å²) in [6.45, 7) is 8.21. The van der Waals surface area contributed by atoms with E-state index >= 15 is 0 Å². The number of aliphatic hydroxyl groups excluding tert-OH is 1. The third-order valence-electron chi connectivity index (χ3n) is 3.72. The lowest BCUT2D eigenvalue weighted by Gasteiger charge is -2.36. The number of carbonyl (C=O) groups is 1. The van der Waals surface area contributed by atoms with Gasteiger partial charge in [0.2, 0.25) is 0 Å². The van der Waals surface area contributed by atoms with E-state index in [-0.39, 0.29) is 6.09 Å². The van der Waals surface area contributed by atoms with Gasteiger partial charge in [-0.2, -0.15) is 0 Å². The van der Waals surface area contributed by atoms with E-state index in [2.05, 4.69) is 0 Å². The molecule has 1 N–H and O–H groups in total. The maximum Gasteiger partial charge on any atom is 0.410 e. The minimum absolute atomic E-state index is 0.307. The van der Waals surface area contributed by atoms with Gasteiger partial charge in [-0.25, -0.2) is 9.18 Å². The van der Waals surface area contributed by atoms with E-state index in [0.29, 0.717) is 38.3 Å². The molecular weight excluding hydrogens is 299 g/mol. The molecule has 0 bridgehead atoms. The van der Waals surface area contributed by atoms with Crippen LogP contribution in [-0.4, -0.2) is 59.3 Å². The fourth-order valence-corrected chi connectivity index (χ4v) is 2.53. The molecule has 0 spiro atoms. The predicted molar refractivity (Wildman–Crippen MR) is 85.6 cm³/mol. The lowest BCUT2D eigenvalue weighted by Crippen LogP contribution is -2.50. The van der Waals surface area contributed by atoms with Crippen molar-refractivity contribution in [1.29, 1.82) is 0 Å². The smallest absolute Gasteiger partial charge is 0.410 e. The molecule has 1 aliphatic rings. The minimum Gasteiger partial charge on any atom is -0.444 e. The molecule has 0 aliphatic carbocycles. The lowest BCUT2D eigenvalue weighted by molar-refractivity contribution is 0.00995.